The van der Waals surface area contributed by atoms with Crippen molar-refractivity contribution in [3.8, 4) is 11.8 Å². The van der Waals surface area contributed by atoms with Gasteiger partial charge >= 0.3 is 0 Å². The lowest BCUT2D eigenvalue weighted by molar-refractivity contribution is -0.385. The molecule has 3 amide bonds. The first-order chi connectivity index (χ1) is 15.4. The number of nitro groups is 1. The number of rotatable bonds is 4. The van der Waals surface area contributed by atoms with E-state index in [-0.39, 0.29) is 11.1 Å². The van der Waals surface area contributed by atoms with Crippen LogP contribution in [0.1, 0.15) is 38.1 Å². The highest BCUT2D eigenvalue weighted by Crippen LogP contribution is 2.32. The Morgan fingerprint density at radius 3 is 2.59 bits per heavy atom. The summed E-state index contributed by atoms with van der Waals surface area (Å²) in [5.74, 6) is 3.83. The second kappa shape index (κ2) is 8.45. The predicted octanol–water partition coefficient (Wildman–Crippen LogP) is 3.68. The minimum absolute atomic E-state index is 0.0882. The topological polar surface area (TPSA) is 110 Å². The molecule has 2 aromatic carbocycles. The van der Waals surface area contributed by atoms with E-state index in [2.05, 4.69) is 17.2 Å². The second-order valence-electron chi connectivity index (χ2n) is 6.91. The number of thiophene rings is 1. The van der Waals surface area contributed by atoms with Gasteiger partial charge in [-0.2, -0.15) is 0 Å². The molecule has 3 aromatic rings. The molecule has 8 nitrogen and oxygen atoms in total. The number of hydrogen-bond donors (Lipinski definition) is 1. The van der Waals surface area contributed by atoms with Crippen molar-refractivity contribution in [1.82, 2.24) is 4.90 Å². The Morgan fingerprint density at radius 1 is 1.09 bits per heavy atom. The fourth-order valence-electron chi connectivity index (χ4n) is 3.31. The lowest BCUT2D eigenvalue weighted by atomic mass is 10.1. The van der Waals surface area contributed by atoms with Gasteiger partial charge in [0, 0.05) is 17.3 Å². The zero-order valence-corrected chi connectivity index (χ0v) is 17.5. The lowest BCUT2D eigenvalue weighted by Crippen LogP contribution is -2.45. The van der Waals surface area contributed by atoms with Gasteiger partial charge in [-0.05, 0) is 42.6 Å². The Morgan fingerprint density at radius 2 is 1.88 bits per heavy atom. The van der Waals surface area contributed by atoms with Crippen molar-refractivity contribution in [2.24, 2.45) is 0 Å². The summed E-state index contributed by atoms with van der Waals surface area (Å²) in [6.07, 6.45) is 0. The van der Waals surface area contributed by atoms with Gasteiger partial charge in [0.2, 0.25) is 5.91 Å². The van der Waals surface area contributed by atoms with E-state index in [1.807, 2.05) is 17.5 Å². The molecule has 1 atom stereocenters. The van der Waals surface area contributed by atoms with E-state index >= 15 is 0 Å². The van der Waals surface area contributed by atoms with Gasteiger partial charge in [-0.25, -0.2) is 0 Å². The predicted molar refractivity (Wildman–Crippen MR) is 118 cm³/mol. The van der Waals surface area contributed by atoms with Crippen molar-refractivity contribution >= 4 is 40.4 Å². The molecule has 0 aliphatic carbocycles. The minimum atomic E-state index is -1.18. The SMILES string of the molecule is CC(C(=O)Nc1cccc(C#Cc2cccs2)c1)N1C(=O)c2cccc([N+](=O)[O-])c2C1=O. The van der Waals surface area contributed by atoms with E-state index in [0.717, 1.165) is 15.8 Å². The maximum atomic E-state index is 12.8. The number of fused-ring (bicyclic) bond motifs is 1. The summed E-state index contributed by atoms with van der Waals surface area (Å²) in [6, 6.07) is 13.3. The van der Waals surface area contributed by atoms with E-state index in [1.54, 1.807) is 24.3 Å². The number of hydrogen-bond acceptors (Lipinski definition) is 6. The molecule has 9 heteroatoms. The van der Waals surface area contributed by atoms with E-state index < -0.39 is 34.4 Å². The average molecular weight is 445 g/mol. The summed E-state index contributed by atoms with van der Waals surface area (Å²) >= 11 is 1.52. The van der Waals surface area contributed by atoms with Gasteiger partial charge in [-0.1, -0.05) is 30.0 Å². The van der Waals surface area contributed by atoms with Crippen LogP contribution >= 0.6 is 11.3 Å². The molecule has 0 spiro atoms. The third kappa shape index (κ3) is 3.87. The largest absolute Gasteiger partial charge is 0.324 e. The van der Waals surface area contributed by atoms with Gasteiger partial charge in [-0.15, -0.1) is 11.3 Å². The number of anilines is 1. The van der Waals surface area contributed by atoms with Crippen LogP contribution in [-0.4, -0.2) is 33.6 Å². The van der Waals surface area contributed by atoms with Crippen LogP contribution in [0.2, 0.25) is 0 Å². The van der Waals surface area contributed by atoms with Crippen LogP contribution in [0.3, 0.4) is 0 Å². The summed E-state index contributed by atoms with van der Waals surface area (Å²) < 4.78 is 0. The first kappa shape index (κ1) is 21.0. The number of nitro benzene ring substituents is 1. The monoisotopic (exact) mass is 445 g/mol. The summed E-state index contributed by atoms with van der Waals surface area (Å²) in [4.78, 5) is 50.5. The molecule has 0 fully saturated rings. The Kier molecular flexibility index (Phi) is 5.54. The molecule has 2 heterocycles. The van der Waals surface area contributed by atoms with Crippen molar-refractivity contribution in [1.29, 1.82) is 0 Å². The van der Waals surface area contributed by atoms with Crippen LogP contribution in [0.5, 0.6) is 0 Å². The van der Waals surface area contributed by atoms with Gasteiger partial charge in [0.05, 0.1) is 15.4 Å². The molecule has 1 aliphatic rings. The summed E-state index contributed by atoms with van der Waals surface area (Å²) in [5.41, 5.74) is 0.276. The number of nitrogens with one attached hydrogen (secondary N) is 1. The number of nitrogens with zero attached hydrogens (tertiary/aromatic N) is 2. The van der Waals surface area contributed by atoms with Gasteiger partial charge in [0.25, 0.3) is 17.5 Å². The molecular formula is C23H15N3O5S. The molecule has 1 N–H and O–H groups in total. The van der Waals surface area contributed by atoms with Crippen LogP contribution in [0.4, 0.5) is 11.4 Å². The van der Waals surface area contributed by atoms with Gasteiger partial charge in [0.15, 0.2) is 0 Å². The van der Waals surface area contributed by atoms with Crippen molar-refractivity contribution in [2.45, 2.75) is 13.0 Å². The highest BCUT2D eigenvalue weighted by atomic mass is 32.1. The summed E-state index contributed by atoms with van der Waals surface area (Å²) in [6.45, 7) is 1.39. The molecule has 0 radical (unpaired) electrons. The van der Waals surface area contributed by atoms with E-state index in [1.165, 1.54) is 30.4 Å². The lowest BCUT2D eigenvalue weighted by Gasteiger charge is -2.21. The number of carbonyl (C=O) groups excluding carboxylic acids is 3. The molecule has 1 unspecified atom stereocenters. The number of benzene rings is 2. The molecular weight excluding hydrogens is 430 g/mol. The summed E-state index contributed by atoms with van der Waals surface area (Å²) in [5, 5.41) is 15.9. The van der Waals surface area contributed by atoms with Gasteiger partial charge in [-0.3, -0.25) is 29.4 Å². The Bertz CT molecular complexity index is 1320. The standard InChI is InChI=1S/C23H15N3O5S/c1-14(25-22(28)18-8-3-9-19(26(30)31)20(18)23(25)29)21(27)24-16-6-2-5-15(13-16)10-11-17-7-4-12-32-17/h2-9,12-14H,1H3,(H,24,27). The average Bonchev–Trinajstić information content (AvgIpc) is 3.39. The molecule has 32 heavy (non-hydrogen) atoms. The fraction of sp³-hybridized carbons (Fsp3) is 0.0870. The highest BCUT2D eigenvalue weighted by molar-refractivity contribution is 7.10. The molecule has 158 valence electrons. The number of amides is 3. The van der Waals surface area contributed by atoms with E-state index in [9.17, 15) is 24.5 Å². The molecule has 4 rings (SSSR count). The zero-order valence-electron chi connectivity index (χ0n) is 16.7. The Labute approximate surface area is 186 Å². The minimum Gasteiger partial charge on any atom is -0.324 e. The molecule has 0 bridgehead atoms. The number of carbonyl (C=O) groups is 3. The molecule has 0 saturated carbocycles. The maximum absolute atomic E-state index is 12.8. The summed E-state index contributed by atoms with van der Waals surface area (Å²) in [7, 11) is 0. The molecule has 1 aliphatic heterocycles. The van der Waals surface area contributed by atoms with Crippen molar-refractivity contribution in [2.75, 3.05) is 5.32 Å². The molecule has 0 saturated heterocycles. The third-order valence-corrected chi connectivity index (χ3v) is 5.65. The van der Waals surface area contributed by atoms with Crippen molar-refractivity contribution in [3.63, 3.8) is 0 Å². The quantitative estimate of drug-likeness (QED) is 0.285. The highest BCUT2D eigenvalue weighted by Gasteiger charge is 2.44. The Balaban J connectivity index is 1.53. The molecule has 1 aromatic heterocycles. The van der Waals surface area contributed by atoms with Crippen LogP contribution in [0.15, 0.2) is 60.0 Å². The smallest absolute Gasteiger partial charge is 0.282 e. The van der Waals surface area contributed by atoms with Crippen LogP contribution in [0, 0.1) is 22.0 Å². The van der Waals surface area contributed by atoms with Crippen molar-refractivity contribution < 1.29 is 19.3 Å². The second-order valence-corrected chi connectivity index (χ2v) is 7.86. The van der Waals surface area contributed by atoms with Crippen LogP contribution < -0.4 is 5.32 Å². The van der Waals surface area contributed by atoms with E-state index in [0.29, 0.717) is 11.3 Å². The van der Waals surface area contributed by atoms with Crippen LogP contribution in [-0.2, 0) is 4.79 Å². The van der Waals surface area contributed by atoms with Crippen LogP contribution in [0.25, 0.3) is 0 Å². The first-order valence-electron chi connectivity index (χ1n) is 9.48. The van der Waals surface area contributed by atoms with Crippen molar-refractivity contribution in [3.05, 3.63) is 91.7 Å². The zero-order chi connectivity index (χ0) is 22.8. The van der Waals surface area contributed by atoms with Gasteiger partial charge < -0.3 is 5.32 Å². The Hall–Kier alpha value is -4.29. The van der Waals surface area contributed by atoms with E-state index in [4.69, 9.17) is 0 Å². The first-order valence-corrected chi connectivity index (χ1v) is 10.4. The normalized spacial score (nSPS) is 13.2. The van der Waals surface area contributed by atoms with Gasteiger partial charge in [0.1, 0.15) is 11.6 Å². The maximum Gasteiger partial charge on any atom is 0.282 e. The third-order valence-electron chi connectivity index (χ3n) is 4.87. The number of imide groups is 1. The fourth-order valence-corrected chi connectivity index (χ4v) is 3.88.